The van der Waals surface area contributed by atoms with Crippen molar-refractivity contribution in [1.82, 2.24) is 0 Å². The molecule has 0 fully saturated rings. The lowest BCUT2D eigenvalue weighted by atomic mass is 10.2. The second-order valence-electron chi connectivity index (χ2n) is 3.46. The highest BCUT2D eigenvalue weighted by Crippen LogP contribution is 2.25. The van der Waals surface area contributed by atoms with Crippen molar-refractivity contribution in [3.8, 4) is 5.75 Å². The van der Waals surface area contributed by atoms with Crippen molar-refractivity contribution in [3.05, 3.63) is 51.9 Å². The van der Waals surface area contributed by atoms with Crippen LogP contribution in [0.15, 0.2) is 34.9 Å². The minimum Gasteiger partial charge on any atom is -0.486 e. The van der Waals surface area contributed by atoms with E-state index in [-0.39, 0.29) is 17.9 Å². The third-order valence-electron chi connectivity index (χ3n) is 2.18. The molecule has 1 heterocycles. The largest absolute Gasteiger partial charge is 0.486 e. The fourth-order valence-corrected chi connectivity index (χ4v) is 1.91. The van der Waals surface area contributed by atoms with E-state index in [1.165, 1.54) is 12.3 Å². The lowest BCUT2D eigenvalue weighted by molar-refractivity contribution is 0.0692. The van der Waals surface area contributed by atoms with Crippen LogP contribution in [0.4, 0.5) is 0 Å². The summed E-state index contributed by atoms with van der Waals surface area (Å²) in [7, 11) is 0. The average Bonchev–Trinajstić information content (AvgIpc) is 2.73. The highest BCUT2D eigenvalue weighted by atomic mass is 35.5. The summed E-state index contributed by atoms with van der Waals surface area (Å²) in [6, 6.07) is 6.10. The summed E-state index contributed by atoms with van der Waals surface area (Å²) in [5, 5.41) is 9.76. The van der Waals surface area contributed by atoms with Crippen molar-refractivity contribution in [2.45, 2.75) is 6.61 Å². The molecule has 94 valence electrons. The van der Waals surface area contributed by atoms with Crippen molar-refractivity contribution in [3.63, 3.8) is 0 Å². The highest BCUT2D eigenvalue weighted by Gasteiger charge is 2.13. The van der Waals surface area contributed by atoms with Gasteiger partial charge in [0.05, 0.1) is 6.26 Å². The molecule has 0 saturated heterocycles. The van der Waals surface area contributed by atoms with Gasteiger partial charge >= 0.3 is 5.97 Å². The van der Waals surface area contributed by atoms with E-state index in [1.54, 1.807) is 18.2 Å². The second-order valence-corrected chi connectivity index (χ2v) is 4.33. The molecule has 0 saturated carbocycles. The molecule has 0 radical (unpaired) electrons. The maximum absolute atomic E-state index is 10.8. The average molecular weight is 287 g/mol. The molecule has 4 nitrogen and oxygen atoms in total. The van der Waals surface area contributed by atoms with Crippen LogP contribution in [0.3, 0.4) is 0 Å². The summed E-state index contributed by atoms with van der Waals surface area (Å²) >= 11 is 11.6. The Bertz CT molecular complexity index is 557. The number of carboxylic acid groups (broad SMARTS) is 1. The number of hydrogen-bond donors (Lipinski definition) is 1. The Kier molecular flexibility index (Phi) is 3.79. The molecular weight excluding hydrogens is 279 g/mol. The number of furan rings is 1. The van der Waals surface area contributed by atoms with E-state index in [2.05, 4.69) is 0 Å². The van der Waals surface area contributed by atoms with Gasteiger partial charge in [-0.25, -0.2) is 4.79 Å². The Hall–Kier alpha value is -1.65. The first kappa shape index (κ1) is 12.8. The summed E-state index contributed by atoms with van der Waals surface area (Å²) in [4.78, 5) is 10.8. The Labute approximate surface area is 113 Å². The Morgan fingerprint density at radius 3 is 2.56 bits per heavy atom. The van der Waals surface area contributed by atoms with Gasteiger partial charge in [0.1, 0.15) is 17.9 Å². The van der Waals surface area contributed by atoms with E-state index in [4.69, 9.17) is 37.5 Å². The van der Waals surface area contributed by atoms with Crippen molar-refractivity contribution in [2.24, 2.45) is 0 Å². The van der Waals surface area contributed by atoms with Gasteiger partial charge in [-0.2, -0.15) is 0 Å². The number of halogens is 2. The fraction of sp³-hybridized carbons (Fsp3) is 0.0833. The molecule has 6 heteroatoms. The molecule has 2 rings (SSSR count). The first-order chi connectivity index (χ1) is 8.56. The van der Waals surface area contributed by atoms with Crippen molar-refractivity contribution >= 4 is 29.2 Å². The van der Waals surface area contributed by atoms with Crippen LogP contribution in [0.25, 0.3) is 0 Å². The highest BCUT2D eigenvalue weighted by molar-refractivity contribution is 6.34. The Morgan fingerprint density at radius 1 is 1.28 bits per heavy atom. The molecule has 1 aromatic carbocycles. The van der Waals surface area contributed by atoms with E-state index >= 15 is 0 Å². The molecule has 0 aliphatic rings. The van der Waals surface area contributed by atoms with Crippen LogP contribution in [-0.2, 0) is 6.61 Å². The zero-order chi connectivity index (χ0) is 13.1. The van der Waals surface area contributed by atoms with Crippen LogP contribution in [0.1, 0.15) is 16.1 Å². The summed E-state index contributed by atoms with van der Waals surface area (Å²) in [6.45, 7) is -0.00863. The topological polar surface area (TPSA) is 59.7 Å². The van der Waals surface area contributed by atoms with E-state index in [1.807, 2.05) is 0 Å². The number of ether oxygens (including phenoxy) is 1. The number of benzene rings is 1. The molecule has 1 aromatic heterocycles. The molecule has 0 bridgehead atoms. The number of carboxylic acids is 1. The van der Waals surface area contributed by atoms with Crippen LogP contribution >= 0.6 is 23.2 Å². The summed E-state index contributed by atoms with van der Waals surface area (Å²) in [6.07, 6.45) is 1.30. The maximum Gasteiger partial charge on any atom is 0.339 e. The first-order valence-corrected chi connectivity index (χ1v) is 5.70. The van der Waals surface area contributed by atoms with Crippen LogP contribution in [-0.4, -0.2) is 11.1 Å². The Balaban J connectivity index is 2.11. The number of rotatable bonds is 4. The molecule has 0 amide bonds. The number of hydrogen-bond acceptors (Lipinski definition) is 3. The van der Waals surface area contributed by atoms with Gasteiger partial charge in [-0.05, 0) is 24.3 Å². The quantitative estimate of drug-likeness (QED) is 0.927. The molecule has 0 aliphatic heterocycles. The molecule has 18 heavy (non-hydrogen) atoms. The van der Waals surface area contributed by atoms with Crippen molar-refractivity contribution in [1.29, 1.82) is 0 Å². The predicted octanol–water partition coefficient (Wildman–Crippen LogP) is 3.86. The minimum absolute atomic E-state index is 0.00863. The van der Waals surface area contributed by atoms with Gasteiger partial charge in [-0.1, -0.05) is 23.2 Å². The van der Waals surface area contributed by atoms with E-state index in [9.17, 15) is 4.79 Å². The van der Waals surface area contributed by atoms with Crippen LogP contribution in [0, 0.1) is 0 Å². The zero-order valence-corrected chi connectivity index (χ0v) is 10.5. The molecule has 2 aromatic rings. The van der Waals surface area contributed by atoms with E-state index in [0.717, 1.165) is 0 Å². The third-order valence-corrected chi connectivity index (χ3v) is 2.62. The summed E-state index contributed by atoms with van der Waals surface area (Å²) in [5.74, 6) is -0.384. The monoisotopic (exact) mass is 286 g/mol. The third kappa shape index (κ3) is 2.97. The minimum atomic E-state index is -1.06. The van der Waals surface area contributed by atoms with Gasteiger partial charge in [0.15, 0.2) is 5.76 Å². The van der Waals surface area contributed by atoms with Crippen LogP contribution < -0.4 is 4.74 Å². The van der Waals surface area contributed by atoms with Crippen LogP contribution in [0.2, 0.25) is 10.0 Å². The first-order valence-electron chi connectivity index (χ1n) is 4.95. The lowest BCUT2D eigenvalue weighted by Crippen LogP contribution is -2.02. The van der Waals surface area contributed by atoms with E-state index < -0.39 is 5.97 Å². The van der Waals surface area contributed by atoms with Crippen LogP contribution in [0.5, 0.6) is 5.75 Å². The standard InChI is InChI=1S/C12H8Cl2O4/c13-7-3-8(14)5-9(4-7)18-6-11-10(12(15)16)1-2-17-11/h1-5H,6H2,(H,15,16). The number of aromatic carboxylic acids is 1. The molecule has 0 atom stereocenters. The molecule has 0 spiro atoms. The SMILES string of the molecule is O=C(O)c1ccoc1COc1cc(Cl)cc(Cl)c1. The number of carbonyl (C=O) groups is 1. The second kappa shape index (κ2) is 5.33. The maximum atomic E-state index is 10.8. The molecular formula is C12H8Cl2O4. The van der Waals surface area contributed by atoms with E-state index in [0.29, 0.717) is 15.8 Å². The summed E-state index contributed by atoms with van der Waals surface area (Å²) < 4.78 is 10.4. The van der Waals surface area contributed by atoms with Gasteiger partial charge in [-0.15, -0.1) is 0 Å². The van der Waals surface area contributed by atoms with Gasteiger partial charge in [0, 0.05) is 10.0 Å². The van der Waals surface area contributed by atoms with Gasteiger partial charge < -0.3 is 14.3 Å². The molecule has 1 N–H and O–H groups in total. The van der Waals surface area contributed by atoms with Crippen molar-refractivity contribution in [2.75, 3.05) is 0 Å². The van der Waals surface area contributed by atoms with Gasteiger partial charge in [0.25, 0.3) is 0 Å². The normalized spacial score (nSPS) is 10.3. The Morgan fingerprint density at radius 2 is 1.94 bits per heavy atom. The van der Waals surface area contributed by atoms with Gasteiger partial charge in [-0.3, -0.25) is 0 Å². The molecule has 0 aliphatic carbocycles. The smallest absolute Gasteiger partial charge is 0.339 e. The molecule has 0 unspecified atom stereocenters. The zero-order valence-electron chi connectivity index (χ0n) is 9.02. The predicted molar refractivity (Wildman–Crippen MR) is 66.5 cm³/mol. The van der Waals surface area contributed by atoms with Crippen molar-refractivity contribution < 1.29 is 19.1 Å². The summed E-state index contributed by atoms with van der Waals surface area (Å²) in [5.41, 5.74) is 0.0723. The fourth-order valence-electron chi connectivity index (χ4n) is 1.40. The van der Waals surface area contributed by atoms with Gasteiger partial charge in [0.2, 0.25) is 0 Å². The lowest BCUT2D eigenvalue weighted by Gasteiger charge is -2.06.